The van der Waals surface area contributed by atoms with E-state index in [0.29, 0.717) is 17.7 Å². The zero-order valence-electron chi connectivity index (χ0n) is 13.0. The van der Waals surface area contributed by atoms with E-state index in [0.717, 1.165) is 25.7 Å². The molecular formula is C15H26N2O3S. The fourth-order valence-electron chi connectivity index (χ4n) is 2.61. The van der Waals surface area contributed by atoms with Gasteiger partial charge in [0.05, 0.1) is 11.5 Å². The second kappa shape index (κ2) is 6.50. The maximum Gasteiger partial charge on any atom is 0.242 e. The Balaban J connectivity index is 2.12. The molecule has 5 nitrogen and oxygen atoms in total. The molecule has 0 aromatic carbocycles. The summed E-state index contributed by atoms with van der Waals surface area (Å²) in [5.74, 6) is 0.492. The molecule has 1 aromatic heterocycles. The van der Waals surface area contributed by atoms with Crippen molar-refractivity contribution in [2.45, 2.75) is 70.0 Å². The molecule has 1 fully saturated rings. The molecule has 0 amide bonds. The van der Waals surface area contributed by atoms with Gasteiger partial charge in [-0.1, -0.05) is 20.3 Å². The summed E-state index contributed by atoms with van der Waals surface area (Å²) >= 11 is 0. The molecule has 21 heavy (non-hydrogen) atoms. The number of hydrogen-bond acceptors (Lipinski definition) is 3. The van der Waals surface area contributed by atoms with Crippen LogP contribution >= 0.6 is 0 Å². The molecular weight excluding hydrogens is 288 g/mol. The SMILES string of the molecule is CCC(C)CC(C)NS(=O)(=O)c1cc(CO)n(C2CC2)c1. The lowest BCUT2D eigenvalue weighted by Crippen LogP contribution is -2.33. The standard InChI is InChI=1S/C15H26N2O3S/c1-4-11(2)7-12(3)16-21(19,20)15-8-14(10-18)17(9-15)13-5-6-13/h8-9,11-13,16,18H,4-7,10H2,1-3H3. The van der Waals surface area contributed by atoms with Crippen LogP contribution in [0.1, 0.15) is 58.2 Å². The van der Waals surface area contributed by atoms with Gasteiger partial charge in [0.15, 0.2) is 0 Å². The van der Waals surface area contributed by atoms with Crippen LogP contribution in [0.4, 0.5) is 0 Å². The van der Waals surface area contributed by atoms with Crippen molar-refractivity contribution in [2.75, 3.05) is 0 Å². The van der Waals surface area contributed by atoms with Gasteiger partial charge in [-0.15, -0.1) is 0 Å². The van der Waals surface area contributed by atoms with Gasteiger partial charge in [-0.2, -0.15) is 0 Å². The van der Waals surface area contributed by atoms with E-state index in [2.05, 4.69) is 18.6 Å². The molecule has 2 rings (SSSR count). The quantitative estimate of drug-likeness (QED) is 0.774. The Morgan fingerprint density at radius 1 is 1.43 bits per heavy atom. The number of aliphatic hydroxyl groups is 1. The van der Waals surface area contributed by atoms with E-state index in [9.17, 15) is 13.5 Å². The third kappa shape index (κ3) is 4.08. The van der Waals surface area contributed by atoms with Crippen LogP contribution in [-0.4, -0.2) is 24.1 Å². The van der Waals surface area contributed by atoms with E-state index < -0.39 is 10.0 Å². The first-order chi connectivity index (χ1) is 9.87. The van der Waals surface area contributed by atoms with Gasteiger partial charge in [-0.3, -0.25) is 0 Å². The number of rotatable bonds is 8. The summed E-state index contributed by atoms with van der Waals surface area (Å²) in [4.78, 5) is 0.259. The third-order valence-electron chi connectivity index (χ3n) is 4.13. The van der Waals surface area contributed by atoms with Crippen molar-refractivity contribution in [2.24, 2.45) is 5.92 Å². The first-order valence-electron chi connectivity index (χ1n) is 7.71. The highest BCUT2D eigenvalue weighted by Gasteiger charge is 2.28. The van der Waals surface area contributed by atoms with E-state index in [1.165, 1.54) is 0 Å². The molecule has 0 spiro atoms. The highest BCUT2D eigenvalue weighted by molar-refractivity contribution is 7.89. The summed E-state index contributed by atoms with van der Waals surface area (Å²) < 4.78 is 29.5. The number of aromatic nitrogens is 1. The molecule has 2 unspecified atom stereocenters. The highest BCUT2D eigenvalue weighted by Crippen LogP contribution is 2.37. The van der Waals surface area contributed by atoms with Gasteiger partial charge in [-0.05, 0) is 38.2 Å². The molecule has 0 saturated heterocycles. The van der Waals surface area contributed by atoms with Crippen molar-refractivity contribution in [3.05, 3.63) is 18.0 Å². The van der Waals surface area contributed by atoms with Crippen LogP contribution in [0.25, 0.3) is 0 Å². The van der Waals surface area contributed by atoms with Gasteiger partial charge < -0.3 is 9.67 Å². The monoisotopic (exact) mass is 314 g/mol. The topological polar surface area (TPSA) is 71.3 Å². The van der Waals surface area contributed by atoms with Crippen LogP contribution in [0.3, 0.4) is 0 Å². The fourth-order valence-corrected chi connectivity index (χ4v) is 3.92. The van der Waals surface area contributed by atoms with Crippen molar-refractivity contribution in [1.82, 2.24) is 9.29 Å². The lowest BCUT2D eigenvalue weighted by Gasteiger charge is -2.17. The van der Waals surface area contributed by atoms with Crippen LogP contribution < -0.4 is 4.72 Å². The molecule has 1 aliphatic rings. The molecule has 1 heterocycles. The molecule has 1 aromatic rings. The van der Waals surface area contributed by atoms with Gasteiger partial charge >= 0.3 is 0 Å². The number of hydrogen-bond donors (Lipinski definition) is 2. The summed E-state index contributed by atoms with van der Waals surface area (Å²) in [5.41, 5.74) is 0.674. The number of sulfonamides is 1. The molecule has 1 aliphatic carbocycles. The number of aliphatic hydroxyl groups excluding tert-OH is 1. The molecule has 120 valence electrons. The van der Waals surface area contributed by atoms with Crippen molar-refractivity contribution in [3.8, 4) is 0 Å². The third-order valence-corrected chi connectivity index (χ3v) is 5.69. The Labute approximate surface area is 127 Å². The summed E-state index contributed by atoms with van der Waals surface area (Å²) in [5, 5.41) is 9.37. The summed E-state index contributed by atoms with van der Waals surface area (Å²) in [6.07, 6.45) is 5.63. The average Bonchev–Trinajstić information content (AvgIpc) is 3.16. The van der Waals surface area contributed by atoms with E-state index >= 15 is 0 Å². The Bertz CT molecular complexity index is 576. The van der Waals surface area contributed by atoms with Gasteiger partial charge in [-0.25, -0.2) is 13.1 Å². The van der Waals surface area contributed by atoms with Crippen molar-refractivity contribution in [3.63, 3.8) is 0 Å². The van der Waals surface area contributed by atoms with Crippen LogP contribution in [0.5, 0.6) is 0 Å². The minimum absolute atomic E-state index is 0.0909. The largest absolute Gasteiger partial charge is 0.390 e. The van der Waals surface area contributed by atoms with E-state index in [4.69, 9.17) is 0 Å². The van der Waals surface area contributed by atoms with Crippen LogP contribution in [-0.2, 0) is 16.6 Å². The Morgan fingerprint density at radius 2 is 2.10 bits per heavy atom. The molecule has 2 N–H and O–H groups in total. The Hall–Kier alpha value is -0.850. The lowest BCUT2D eigenvalue weighted by atomic mass is 10.0. The normalized spacial score (nSPS) is 18.7. The Kier molecular flexibility index (Phi) is 5.11. The average molecular weight is 314 g/mol. The second-order valence-corrected chi connectivity index (χ2v) is 7.95. The molecule has 6 heteroatoms. The molecule has 0 radical (unpaired) electrons. The lowest BCUT2D eigenvalue weighted by molar-refractivity contribution is 0.270. The minimum atomic E-state index is -3.51. The van der Waals surface area contributed by atoms with Crippen molar-refractivity contribution in [1.29, 1.82) is 0 Å². The number of nitrogens with one attached hydrogen (secondary N) is 1. The highest BCUT2D eigenvalue weighted by atomic mass is 32.2. The van der Waals surface area contributed by atoms with Gasteiger partial charge in [0.25, 0.3) is 0 Å². The molecule has 2 atom stereocenters. The van der Waals surface area contributed by atoms with Crippen molar-refractivity contribution < 1.29 is 13.5 Å². The van der Waals surface area contributed by atoms with Gasteiger partial charge in [0, 0.05) is 24.0 Å². The predicted octanol–water partition coefficient (Wildman–Crippen LogP) is 2.42. The summed E-state index contributed by atoms with van der Waals surface area (Å²) in [6.45, 7) is 6.00. The first kappa shape index (κ1) is 16.5. The summed E-state index contributed by atoms with van der Waals surface area (Å²) in [7, 11) is -3.51. The van der Waals surface area contributed by atoms with Crippen LogP contribution in [0.2, 0.25) is 0 Å². The molecule has 1 saturated carbocycles. The predicted molar refractivity (Wildman–Crippen MR) is 82.5 cm³/mol. The molecule has 0 aliphatic heterocycles. The smallest absolute Gasteiger partial charge is 0.242 e. The van der Waals surface area contributed by atoms with E-state index in [1.54, 1.807) is 12.3 Å². The van der Waals surface area contributed by atoms with Crippen molar-refractivity contribution >= 4 is 10.0 Å². The zero-order valence-corrected chi connectivity index (χ0v) is 13.9. The zero-order chi connectivity index (χ0) is 15.6. The van der Waals surface area contributed by atoms with Crippen LogP contribution in [0, 0.1) is 5.92 Å². The van der Waals surface area contributed by atoms with Gasteiger partial charge in [0.2, 0.25) is 10.0 Å². The maximum absolute atomic E-state index is 12.4. The maximum atomic E-state index is 12.4. The minimum Gasteiger partial charge on any atom is -0.390 e. The van der Waals surface area contributed by atoms with E-state index in [-0.39, 0.29) is 17.5 Å². The van der Waals surface area contributed by atoms with Crippen LogP contribution in [0.15, 0.2) is 17.2 Å². The first-order valence-corrected chi connectivity index (χ1v) is 9.19. The number of nitrogens with zero attached hydrogens (tertiary/aromatic N) is 1. The van der Waals surface area contributed by atoms with E-state index in [1.807, 2.05) is 11.5 Å². The summed E-state index contributed by atoms with van der Waals surface area (Å²) in [6, 6.07) is 1.84. The second-order valence-electron chi connectivity index (χ2n) is 6.24. The fraction of sp³-hybridized carbons (Fsp3) is 0.733. The molecule has 0 bridgehead atoms. The Morgan fingerprint density at radius 3 is 2.62 bits per heavy atom. The van der Waals surface area contributed by atoms with Gasteiger partial charge in [0.1, 0.15) is 0 Å².